The Hall–Kier alpha value is -2.50. The number of fused-ring (bicyclic) bond motifs is 1. The van der Waals surface area contributed by atoms with Crippen molar-refractivity contribution in [3.63, 3.8) is 0 Å². The highest BCUT2D eigenvalue weighted by Gasteiger charge is 2.13. The maximum Gasteiger partial charge on any atom is 0.155 e. The number of nitrogens with one attached hydrogen (secondary N) is 1. The first-order valence-corrected chi connectivity index (χ1v) is 5.80. The van der Waals surface area contributed by atoms with Gasteiger partial charge in [-0.15, -0.1) is 0 Å². The van der Waals surface area contributed by atoms with Gasteiger partial charge in [0.1, 0.15) is 29.7 Å². The maximum atomic E-state index is 13.0. The van der Waals surface area contributed by atoms with Crippen LogP contribution in [-0.4, -0.2) is 22.4 Å². The SMILES string of the molecule is Fc1cccc(OCC2=NCc3nccnc3N2)c1. The molecule has 3 rings (SSSR count). The van der Waals surface area contributed by atoms with E-state index in [0.717, 1.165) is 5.69 Å². The van der Waals surface area contributed by atoms with Gasteiger partial charge in [0.25, 0.3) is 0 Å². The first-order chi connectivity index (χ1) is 9.31. The molecule has 6 heteroatoms. The van der Waals surface area contributed by atoms with Crippen molar-refractivity contribution in [1.82, 2.24) is 9.97 Å². The molecule has 2 heterocycles. The molecule has 2 aromatic rings. The highest BCUT2D eigenvalue weighted by atomic mass is 19.1. The Bertz CT molecular complexity index is 630. The molecule has 1 aliphatic rings. The molecule has 0 fully saturated rings. The third-order valence-corrected chi connectivity index (χ3v) is 2.63. The molecular weight excluding hydrogens is 247 g/mol. The Kier molecular flexibility index (Phi) is 3.06. The molecule has 96 valence electrons. The highest BCUT2D eigenvalue weighted by Crippen LogP contribution is 2.16. The Morgan fingerprint density at radius 3 is 3.05 bits per heavy atom. The summed E-state index contributed by atoms with van der Waals surface area (Å²) in [4.78, 5) is 12.6. The summed E-state index contributed by atoms with van der Waals surface area (Å²) in [6, 6.07) is 5.99. The van der Waals surface area contributed by atoms with E-state index in [4.69, 9.17) is 4.74 Å². The van der Waals surface area contributed by atoms with Gasteiger partial charge in [0.15, 0.2) is 5.82 Å². The average Bonchev–Trinajstić information content (AvgIpc) is 2.45. The molecule has 0 radical (unpaired) electrons. The van der Waals surface area contributed by atoms with E-state index >= 15 is 0 Å². The fraction of sp³-hybridized carbons (Fsp3) is 0.154. The van der Waals surface area contributed by atoms with Crippen LogP contribution in [0.1, 0.15) is 5.69 Å². The molecule has 1 aromatic heterocycles. The first kappa shape index (κ1) is 11.6. The standard InChI is InChI=1S/C13H11FN4O/c14-9-2-1-3-10(6-9)19-8-12-17-7-11-13(18-12)16-5-4-15-11/h1-6H,7-8H2,(H,16,17,18). The second-order valence-corrected chi connectivity index (χ2v) is 3.99. The van der Waals surface area contributed by atoms with Gasteiger partial charge < -0.3 is 10.1 Å². The number of hydrogen-bond acceptors (Lipinski definition) is 5. The van der Waals surface area contributed by atoms with E-state index in [1.54, 1.807) is 24.5 Å². The lowest BCUT2D eigenvalue weighted by atomic mass is 10.3. The van der Waals surface area contributed by atoms with Gasteiger partial charge in [-0.2, -0.15) is 0 Å². The zero-order valence-electron chi connectivity index (χ0n) is 10.0. The quantitative estimate of drug-likeness (QED) is 0.915. The van der Waals surface area contributed by atoms with Crippen molar-refractivity contribution >= 4 is 11.7 Å². The normalized spacial score (nSPS) is 13.2. The van der Waals surface area contributed by atoms with E-state index in [2.05, 4.69) is 20.3 Å². The number of aliphatic imine (C=N–C) groups is 1. The van der Waals surface area contributed by atoms with Crippen molar-refractivity contribution in [1.29, 1.82) is 0 Å². The largest absolute Gasteiger partial charge is 0.486 e. The third-order valence-electron chi connectivity index (χ3n) is 2.63. The fourth-order valence-electron chi connectivity index (χ4n) is 1.72. The Labute approximate surface area is 109 Å². The van der Waals surface area contributed by atoms with E-state index in [-0.39, 0.29) is 12.4 Å². The van der Waals surface area contributed by atoms with Crippen molar-refractivity contribution < 1.29 is 9.13 Å². The van der Waals surface area contributed by atoms with Crippen LogP contribution in [0.2, 0.25) is 0 Å². The molecule has 0 saturated heterocycles. The summed E-state index contributed by atoms with van der Waals surface area (Å²) in [5, 5.41) is 3.04. The second kappa shape index (κ2) is 5.01. The van der Waals surface area contributed by atoms with Crippen molar-refractivity contribution in [3.05, 3.63) is 48.2 Å². The summed E-state index contributed by atoms with van der Waals surface area (Å²) >= 11 is 0. The van der Waals surface area contributed by atoms with Gasteiger partial charge in [0, 0.05) is 18.5 Å². The lowest BCUT2D eigenvalue weighted by molar-refractivity contribution is 0.373. The van der Waals surface area contributed by atoms with Gasteiger partial charge >= 0.3 is 0 Å². The molecule has 0 unspecified atom stereocenters. The first-order valence-electron chi connectivity index (χ1n) is 5.80. The smallest absolute Gasteiger partial charge is 0.155 e. The van der Waals surface area contributed by atoms with Crippen molar-refractivity contribution in [3.8, 4) is 5.75 Å². The monoisotopic (exact) mass is 258 g/mol. The van der Waals surface area contributed by atoms with Crippen LogP contribution in [0.4, 0.5) is 10.2 Å². The molecule has 0 bridgehead atoms. The minimum atomic E-state index is -0.327. The summed E-state index contributed by atoms with van der Waals surface area (Å²) in [6.45, 7) is 0.706. The molecule has 0 amide bonds. The Morgan fingerprint density at radius 1 is 1.26 bits per heavy atom. The number of amidine groups is 1. The van der Waals surface area contributed by atoms with Gasteiger partial charge in [-0.25, -0.2) is 9.37 Å². The number of nitrogens with zero attached hydrogens (tertiary/aromatic N) is 3. The number of hydrogen-bond donors (Lipinski definition) is 1. The van der Waals surface area contributed by atoms with E-state index in [9.17, 15) is 4.39 Å². The van der Waals surface area contributed by atoms with E-state index < -0.39 is 0 Å². The van der Waals surface area contributed by atoms with E-state index in [1.807, 2.05) is 0 Å². The van der Waals surface area contributed by atoms with Gasteiger partial charge in [0.2, 0.25) is 0 Å². The van der Waals surface area contributed by atoms with Gasteiger partial charge in [-0.1, -0.05) is 6.07 Å². The molecule has 1 aliphatic heterocycles. The van der Waals surface area contributed by atoms with Crippen LogP contribution in [0.5, 0.6) is 5.75 Å². The van der Waals surface area contributed by atoms with Crippen LogP contribution >= 0.6 is 0 Å². The Balaban J connectivity index is 1.65. The second-order valence-electron chi connectivity index (χ2n) is 3.99. The van der Waals surface area contributed by atoms with Crippen LogP contribution in [0.15, 0.2) is 41.7 Å². The van der Waals surface area contributed by atoms with Crippen molar-refractivity contribution in [2.75, 3.05) is 11.9 Å². The molecule has 1 aromatic carbocycles. The summed E-state index contributed by atoms with van der Waals surface area (Å²) in [5.41, 5.74) is 0.803. The molecule has 0 atom stereocenters. The average molecular weight is 258 g/mol. The maximum absolute atomic E-state index is 13.0. The summed E-state index contributed by atoms with van der Waals surface area (Å²) in [6.07, 6.45) is 3.24. The van der Waals surface area contributed by atoms with Crippen molar-refractivity contribution in [2.24, 2.45) is 4.99 Å². The molecule has 0 saturated carbocycles. The summed E-state index contributed by atoms with van der Waals surface area (Å²) in [5.74, 6) is 1.48. The van der Waals surface area contributed by atoms with Crippen LogP contribution in [-0.2, 0) is 6.54 Å². The van der Waals surface area contributed by atoms with Crippen LogP contribution < -0.4 is 10.1 Å². The minimum Gasteiger partial charge on any atom is -0.486 e. The number of anilines is 1. The zero-order valence-corrected chi connectivity index (χ0v) is 10.0. The summed E-state index contributed by atoms with van der Waals surface area (Å²) in [7, 11) is 0. The fourth-order valence-corrected chi connectivity index (χ4v) is 1.72. The molecular formula is C13H11FN4O. The van der Waals surface area contributed by atoms with Crippen molar-refractivity contribution in [2.45, 2.75) is 6.54 Å². The van der Waals surface area contributed by atoms with E-state index in [0.29, 0.717) is 23.9 Å². The van der Waals surface area contributed by atoms with Crippen LogP contribution in [0, 0.1) is 5.82 Å². The topological polar surface area (TPSA) is 59.4 Å². The predicted octanol–water partition coefficient (Wildman–Crippen LogP) is 2.02. The minimum absolute atomic E-state index is 0.236. The number of ether oxygens (including phenoxy) is 1. The third kappa shape index (κ3) is 2.67. The number of rotatable bonds is 3. The Morgan fingerprint density at radius 2 is 2.16 bits per heavy atom. The molecule has 1 N–H and O–H groups in total. The number of halogens is 1. The molecule has 0 aliphatic carbocycles. The van der Waals surface area contributed by atoms with E-state index in [1.165, 1.54) is 12.1 Å². The number of benzene rings is 1. The molecule has 0 spiro atoms. The zero-order chi connectivity index (χ0) is 13.1. The molecule has 19 heavy (non-hydrogen) atoms. The van der Waals surface area contributed by atoms with Crippen LogP contribution in [0.3, 0.4) is 0 Å². The van der Waals surface area contributed by atoms with Gasteiger partial charge in [0.05, 0.1) is 6.54 Å². The molecule has 5 nitrogen and oxygen atoms in total. The van der Waals surface area contributed by atoms with Gasteiger partial charge in [-0.05, 0) is 12.1 Å². The predicted molar refractivity (Wildman–Crippen MR) is 68.7 cm³/mol. The summed E-state index contributed by atoms with van der Waals surface area (Å²) < 4.78 is 18.4. The van der Waals surface area contributed by atoms with Gasteiger partial charge in [-0.3, -0.25) is 9.98 Å². The van der Waals surface area contributed by atoms with Crippen LogP contribution in [0.25, 0.3) is 0 Å². The lowest BCUT2D eigenvalue weighted by Gasteiger charge is -2.16. The number of aromatic nitrogens is 2. The highest BCUT2D eigenvalue weighted by molar-refractivity contribution is 5.97. The lowest BCUT2D eigenvalue weighted by Crippen LogP contribution is -2.25.